The minimum Gasteiger partial charge on any atom is -0.314 e. The quantitative estimate of drug-likeness (QED) is 0.845. The van der Waals surface area contributed by atoms with Gasteiger partial charge in [0.2, 0.25) is 0 Å². The highest BCUT2D eigenvalue weighted by Gasteiger charge is 2.26. The number of nitrogens with one attached hydrogen (secondary N) is 1. The van der Waals surface area contributed by atoms with Crippen LogP contribution in [0.15, 0.2) is 0 Å². The first kappa shape index (κ1) is 10.3. The zero-order valence-corrected chi connectivity index (χ0v) is 9.95. The Kier molecular flexibility index (Phi) is 2.67. The second kappa shape index (κ2) is 4.17. The molecule has 1 atom stereocenters. The lowest BCUT2D eigenvalue weighted by Gasteiger charge is -2.14. The Morgan fingerprint density at radius 2 is 2.12 bits per heavy atom. The molecule has 16 heavy (non-hydrogen) atoms. The van der Waals surface area contributed by atoms with E-state index in [0.717, 1.165) is 24.8 Å². The Hall–Kier alpha value is -0.900. The van der Waals surface area contributed by atoms with Gasteiger partial charge >= 0.3 is 0 Å². The van der Waals surface area contributed by atoms with Crippen LogP contribution in [0.3, 0.4) is 0 Å². The molecule has 2 heterocycles. The van der Waals surface area contributed by atoms with Crippen LogP contribution in [0.25, 0.3) is 0 Å². The number of aromatic nitrogens is 3. The van der Waals surface area contributed by atoms with Crippen molar-refractivity contribution in [3.8, 4) is 0 Å². The molecule has 0 saturated heterocycles. The molecule has 4 nitrogen and oxygen atoms in total. The van der Waals surface area contributed by atoms with Gasteiger partial charge in [0, 0.05) is 19.0 Å². The van der Waals surface area contributed by atoms with E-state index in [9.17, 15) is 0 Å². The first-order valence-electron chi connectivity index (χ1n) is 6.52. The van der Waals surface area contributed by atoms with Gasteiger partial charge in [0.25, 0.3) is 0 Å². The fraction of sp³-hybridized carbons (Fsp3) is 0.833. The molecule has 1 unspecified atom stereocenters. The molecule has 0 spiro atoms. The van der Waals surface area contributed by atoms with Gasteiger partial charge in [-0.25, -0.2) is 0 Å². The minimum absolute atomic E-state index is 0.354. The predicted octanol–water partition coefficient (Wildman–Crippen LogP) is 1.82. The molecule has 0 aromatic carbocycles. The molecule has 0 amide bonds. The Morgan fingerprint density at radius 1 is 1.25 bits per heavy atom. The van der Waals surface area contributed by atoms with E-state index >= 15 is 0 Å². The maximum atomic E-state index is 4.37. The molecule has 4 heteroatoms. The van der Waals surface area contributed by atoms with E-state index in [0.29, 0.717) is 6.04 Å². The Morgan fingerprint density at radius 3 is 2.94 bits per heavy atom. The topological polar surface area (TPSA) is 42.7 Å². The summed E-state index contributed by atoms with van der Waals surface area (Å²) in [5, 5.41) is 12.3. The molecule has 1 aliphatic heterocycles. The maximum absolute atomic E-state index is 4.37. The molecule has 1 aromatic heterocycles. The number of fused-ring (bicyclic) bond motifs is 1. The van der Waals surface area contributed by atoms with Crippen molar-refractivity contribution in [1.82, 2.24) is 20.1 Å². The Balaban J connectivity index is 1.80. The van der Waals surface area contributed by atoms with Crippen LogP contribution in [0.2, 0.25) is 0 Å². The average molecular weight is 220 g/mol. The molecule has 0 radical (unpaired) electrons. The van der Waals surface area contributed by atoms with Crippen LogP contribution in [0.1, 0.15) is 56.7 Å². The zero-order chi connectivity index (χ0) is 11.0. The van der Waals surface area contributed by atoms with Crippen LogP contribution >= 0.6 is 0 Å². The van der Waals surface area contributed by atoms with E-state index in [1.807, 2.05) is 0 Å². The molecule has 1 fully saturated rings. The van der Waals surface area contributed by atoms with Gasteiger partial charge in [0.05, 0.1) is 6.04 Å². The van der Waals surface area contributed by atoms with Gasteiger partial charge in [-0.3, -0.25) is 0 Å². The van der Waals surface area contributed by atoms with Crippen molar-refractivity contribution in [2.45, 2.75) is 64.1 Å². The molecule has 1 N–H and O–H groups in total. The van der Waals surface area contributed by atoms with Crippen LogP contribution in [0.4, 0.5) is 0 Å². The first-order valence-corrected chi connectivity index (χ1v) is 6.52. The van der Waals surface area contributed by atoms with E-state index in [1.165, 1.54) is 37.9 Å². The van der Waals surface area contributed by atoms with E-state index in [4.69, 9.17) is 0 Å². The standard InChI is InChI=1S/C12H20N4/c1-9(13-10-6-7-10)12-15-14-11-5-3-2-4-8-16(11)12/h9-10,13H,2-8H2,1H3. The van der Waals surface area contributed by atoms with Gasteiger partial charge in [-0.05, 0) is 32.6 Å². The van der Waals surface area contributed by atoms with Crippen LogP contribution in [0, 0.1) is 0 Å². The van der Waals surface area contributed by atoms with Gasteiger partial charge < -0.3 is 9.88 Å². The summed E-state index contributed by atoms with van der Waals surface area (Å²) in [6, 6.07) is 1.08. The van der Waals surface area contributed by atoms with Crippen molar-refractivity contribution in [2.24, 2.45) is 0 Å². The molecule has 0 bridgehead atoms. The van der Waals surface area contributed by atoms with Crippen LogP contribution in [-0.4, -0.2) is 20.8 Å². The number of rotatable bonds is 3. The van der Waals surface area contributed by atoms with Crippen LogP contribution in [-0.2, 0) is 13.0 Å². The lowest BCUT2D eigenvalue weighted by molar-refractivity contribution is 0.500. The predicted molar refractivity (Wildman–Crippen MR) is 62.1 cm³/mol. The highest BCUT2D eigenvalue weighted by Crippen LogP contribution is 2.24. The van der Waals surface area contributed by atoms with Crippen LogP contribution < -0.4 is 5.32 Å². The van der Waals surface area contributed by atoms with Gasteiger partial charge in [0.1, 0.15) is 11.6 Å². The Labute approximate surface area is 96.4 Å². The average Bonchev–Trinajstić information content (AvgIpc) is 3.04. The lowest BCUT2D eigenvalue weighted by Crippen LogP contribution is -2.24. The SMILES string of the molecule is CC(NC1CC1)c1nnc2n1CCCCC2. The van der Waals surface area contributed by atoms with Crippen molar-refractivity contribution in [2.75, 3.05) is 0 Å². The van der Waals surface area contributed by atoms with Gasteiger partial charge in [-0.15, -0.1) is 10.2 Å². The van der Waals surface area contributed by atoms with Crippen molar-refractivity contribution < 1.29 is 0 Å². The minimum atomic E-state index is 0.354. The van der Waals surface area contributed by atoms with Crippen molar-refractivity contribution >= 4 is 0 Å². The van der Waals surface area contributed by atoms with E-state index in [1.54, 1.807) is 0 Å². The smallest absolute Gasteiger partial charge is 0.149 e. The fourth-order valence-electron chi connectivity index (χ4n) is 2.51. The normalized spacial score (nSPS) is 22.6. The largest absolute Gasteiger partial charge is 0.314 e. The molecule has 2 aliphatic rings. The molecule has 88 valence electrons. The zero-order valence-electron chi connectivity index (χ0n) is 9.95. The highest BCUT2D eigenvalue weighted by atomic mass is 15.3. The number of hydrogen-bond acceptors (Lipinski definition) is 3. The number of aryl methyl sites for hydroxylation is 1. The fourth-order valence-corrected chi connectivity index (χ4v) is 2.51. The summed E-state index contributed by atoms with van der Waals surface area (Å²) in [5.74, 6) is 2.33. The summed E-state index contributed by atoms with van der Waals surface area (Å²) in [6.45, 7) is 3.31. The van der Waals surface area contributed by atoms with Crippen LogP contribution in [0.5, 0.6) is 0 Å². The molecule has 1 aromatic rings. The monoisotopic (exact) mass is 220 g/mol. The summed E-state index contributed by atoms with van der Waals surface area (Å²) < 4.78 is 2.34. The van der Waals surface area contributed by atoms with Gasteiger partial charge in [-0.2, -0.15) is 0 Å². The molecular formula is C12H20N4. The summed E-state index contributed by atoms with van der Waals surface area (Å²) in [5.41, 5.74) is 0. The summed E-state index contributed by atoms with van der Waals surface area (Å²) in [6.07, 6.45) is 7.61. The summed E-state index contributed by atoms with van der Waals surface area (Å²) >= 11 is 0. The molecular weight excluding hydrogens is 200 g/mol. The highest BCUT2D eigenvalue weighted by molar-refractivity contribution is 5.03. The van der Waals surface area contributed by atoms with E-state index in [2.05, 4.69) is 27.0 Å². The van der Waals surface area contributed by atoms with Crippen molar-refractivity contribution in [3.63, 3.8) is 0 Å². The second-order valence-electron chi connectivity index (χ2n) is 5.10. The summed E-state index contributed by atoms with van der Waals surface area (Å²) in [4.78, 5) is 0. The number of nitrogens with zero attached hydrogens (tertiary/aromatic N) is 3. The summed E-state index contributed by atoms with van der Waals surface area (Å²) in [7, 11) is 0. The number of hydrogen-bond donors (Lipinski definition) is 1. The second-order valence-corrected chi connectivity index (χ2v) is 5.10. The van der Waals surface area contributed by atoms with Crippen molar-refractivity contribution in [1.29, 1.82) is 0 Å². The van der Waals surface area contributed by atoms with Gasteiger partial charge in [0.15, 0.2) is 0 Å². The molecule has 1 saturated carbocycles. The lowest BCUT2D eigenvalue weighted by atomic mass is 10.2. The molecule has 3 rings (SSSR count). The first-order chi connectivity index (χ1) is 7.84. The third-order valence-corrected chi connectivity index (χ3v) is 3.59. The third kappa shape index (κ3) is 1.98. The Bertz CT molecular complexity index is 367. The van der Waals surface area contributed by atoms with Crippen molar-refractivity contribution in [3.05, 3.63) is 11.6 Å². The maximum Gasteiger partial charge on any atom is 0.149 e. The van der Waals surface area contributed by atoms with Gasteiger partial charge in [-0.1, -0.05) is 6.42 Å². The van der Waals surface area contributed by atoms with E-state index < -0.39 is 0 Å². The van der Waals surface area contributed by atoms with E-state index in [-0.39, 0.29) is 0 Å². The molecule has 1 aliphatic carbocycles. The third-order valence-electron chi connectivity index (χ3n) is 3.59.